The SMILES string of the molecule is Cc1nccc(CNc2cnn(Cc3ccccc3)c(=O)c2Cl)n1. The Labute approximate surface area is 144 Å². The molecule has 0 spiro atoms. The third-order valence-electron chi connectivity index (χ3n) is 3.45. The van der Waals surface area contributed by atoms with Gasteiger partial charge in [0.25, 0.3) is 5.56 Å². The quantitative estimate of drug-likeness (QED) is 0.772. The van der Waals surface area contributed by atoms with Crippen molar-refractivity contribution in [3.05, 3.63) is 81.3 Å². The fourth-order valence-corrected chi connectivity index (χ4v) is 2.46. The van der Waals surface area contributed by atoms with Gasteiger partial charge in [0.05, 0.1) is 30.7 Å². The van der Waals surface area contributed by atoms with Crippen molar-refractivity contribution in [2.24, 2.45) is 0 Å². The normalized spacial score (nSPS) is 10.6. The van der Waals surface area contributed by atoms with E-state index in [1.807, 2.05) is 37.3 Å². The van der Waals surface area contributed by atoms with E-state index in [2.05, 4.69) is 20.4 Å². The molecule has 6 nitrogen and oxygen atoms in total. The first-order chi connectivity index (χ1) is 11.6. The van der Waals surface area contributed by atoms with Crippen LogP contribution >= 0.6 is 11.6 Å². The number of hydrogen-bond acceptors (Lipinski definition) is 5. The van der Waals surface area contributed by atoms with E-state index in [1.54, 1.807) is 18.5 Å². The van der Waals surface area contributed by atoms with Gasteiger partial charge >= 0.3 is 0 Å². The molecule has 0 aliphatic carbocycles. The lowest BCUT2D eigenvalue weighted by Crippen LogP contribution is -2.24. The van der Waals surface area contributed by atoms with Crippen molar-refractivity contribution in [2.75, 3.05) is 5.32 Å². The molecule has 7 heteroatoms. The number of halogens is 1. The fraction of sp³-hybridized carbons (Fsp3) is 0.176. The average Bonchev–Trinajstić information content (AvgIpc) is 2.59. The predicted molar refractivity (Wildman–Crippen MR) is 93.1 cm³/mol. The number of nitrogens with one attached hydrogen (secondary N) is 1. The van der Waals surface area contributed by atoms with E-state index in [4.69, 9.17) is 11.6 Å². The Balaban J connectivity index is 1.76. The Morgan fingerprint density at radius 1 is 1.21 bits per heavy atom. The van der Waals surface area contributed by atoms with Crippen molar-refractivity contribution in [2.45, 2.75) is 20.0 Å². The summed E-state index contributed by atoms with van der Waals surface area (Å²) in [4.78, 5) is 20.7. The second kappa shape index (κ2) is 7.23. The van der Waals surface area contributed by atoms with Gasteiger partial charge in [-0.05, 0) is 18.6 Å². The summed E-state index contributed by atoms with van der Waals surface area (Å²) in [5.41, 5.74) is 1.96. The van der Waals surface area contributed by atoms with Crippen LogP contribution in [-0.2, 0) is 13.1 Å². The summed E-state index contributed by atoms with van der Waals surface area (Å²) in [5.74, 6) is 0.691. The number of aromatic nitrogens is 4. The van der Waals surface area contributed by atoms with Gasteiger partial charge in [0.1, 0.15) is 10.8 Å². The van der Waals surface area contributed by atoms with Gasteiger partial charge in [-0.3, -0.25) is 4.79 Å². The highest BCUT2D eigenvalue weighted by molar-refractivity contribution is 6.32. The molecule has 1 aromatic carbocycles. The van der Waals surface area contributed by atoms with E-state index in [9.17, 15) is 4.79 Å². The third-order valence-corrected chi connectivity index (χ3v) is 3.82. The monoisotopic (exact) mass is 341 g/mol. The fourth-order valence-electron chi connectivity index (χ4n) is 2.25. The lowest BCUT2D eigenvalue weighted by molar-refractivity contribution is 0.639. The van der Waals surface area contributed by atoms with E-state index >= 15 is 0 Å². The van der Waals surface area contributed by atoms with E-state index in [0.29, 0.717) is 24.6 Å². The van der Waals surface area contributed by atoms with E-state index in [-0.39, 0.29) is 10.6 Å². The average molecular weight is 342 g/mol. The van der Waals surface area contributed by atoms with Crippen molar-refractivity contribution >= 4 is 17.3 Å². The second-order valence-electron chi connectivity index (χ2n) is 5.27. The van der Waals surface area contributed by atoms with Gasteiger partial charge < -0.3 is 5.32 Å². The molecule has 1 N–H and O–H groups in total. The van der Waals surface area contributed by atoms with Crippen LogP contribution in [0.4, 0.5) is 5.69 Å². The molecule has 0 aliphatic rings. The number of hydrogen-bond donors (Lipinski definition) is 1. The van der Waals surface area contributed by atoms with Gasteiger partial charge in [0.15, 0.2) is 0 Å². The largest absolute Gasteiger partial charge is 0.377 e. The number of rotatable bonds is 5. The van der Waals surface area contributed by atoms with Gasteiger partial charge in [0.2, 0.25) is 0 Å². The maximum absolute atomic E-state index is 12.4. The Bertz CT molecular complexity index is 895. The summed E-state index contributed by atoms with van der Waals surface area (Å²) >= 11 is 6.19. The summed E-state index contributed by atoms with van der Waals surface area (Å²) in [5, 5.41) is 7.40. The maximum atomic E-state index is 12.4. The zero-order valence-corrected chi connectivity index (χ0v) is 13.9. The van der Waals surface area contributed by atoms with Crippen LogP contribution in [0.15, 0.2) is 53.6 Å². The van der Waals surface area contributed by atoms with Gasteiger partial charge in [-0.25, -0.2) is 14.6 Å². The minimum atomic E-state index is -0.329. The summed E-state index contributed by atoms with van der Waals surface area (Å²) in [6.45, 7) is 2.64. The first-order valence-electron chi connectivity index (χ1n) is 7.45. The van der Waals surface area contributed by atoms with Crippen LogP contribution in [0.3, 0.4) is 0 Å². The van der Waals surface area contributed by atoms with Crippen molar-refractivity contribution < 1.29 is 0 Å². The summed E-state index contributed by atoms with van der Waals surface area (Å²) < 4.78 is 1.34. The topological polar surface area (TPSA) is 72.7 Å². The molecule has 0 unspecified atom stereocenters. The molecule has 0 fully saturated rings. The molecule has 0 aliphatic heterocycles. The summed E-state index contributed by atoms with van der Waals surface area (Å²) in [6.07, 6.45) is 3.25. The van der Waals surface area contributed by atoms with Crippen LogP contribution in [-0.4, -0.2) is 19.7 Å². The molecule has 3 aromatic rings. The first-order valence-corrected chi connectivity index (χ1v) is 7.83. The highest BCUT2D eigenvalue weighted by atomic mass is 35.5. The maximum Gasteiger partial charge on any atom is 0.287 e. The van der Waals surface area contributed by atoms with E-state index in [1.165, 1.54) is 4.68 Å². The van der Waals surface area contributed by atoms with Crippen molar-refractivity contribution in [3.63, 3.8) is 0 Å². The van der Waals surface area contributed by atoms with Crippen LogP contribution in [0.5, 0.6) is 0 Å². The van der Waals surface area contributed by atoms with Crippen molar-refractivity contribution in [3.8, 4) is 0 Å². The molecule has 3 rings (SSSR count). The van der Waals surface area contributed by atoms with Crippen LogP contribution in [0.25, 0.3) is 0 Å². The minimum absolute atomic E-state index is 0.117. The van der Waals surface area contributed by atoms with Gasteiger partial charge in [-0.2, -0.15) is 5.10 Å². The molecule has 2 heterocycles. The molecule has 0 saturated carbocycles. The Morgan fingerprint density at radius 2 is 2.00 bits per heavy atom. The molecule has 0 saturated heterocycles. The number of nitrogens with zero attached hydrogens (tertiary/aromatic N) is 4. The van der Waals surface area contributed by atoms with Crippen LogP contribution in [0.1, 0.15) is 17.1 Å². The molecule has 0 atom stereocenters. The van der Waals surface area contributed by atoms with Gasteiger partial charge in [0, 0.05) is 6.20 Å². The summed E-state index contributed by atoms with van der Waals surface area (Å²) in [6, 6.07) is 11.4. The molecule has 122 valence electrons. The Hall–Kier alpha value is -2.73. The molecule has 0 amide bonds. The first kappa shape index (κ1) is 16.1. The second-order valence-corrected chi connectivity index (χ2v) is 5.65. The highest BCUT2D eigenvalue weighted by Gasteiger charge is 2.10. The van der Waals surface area contributed by atoms with E-state index < -0.39 is 0 Å². The van der Waals surface area contributed by atoms with Crippen molar-refractivity contribution in [1.82, 2.24) is 19.7 Å². The molecule has 0 radical (unpaired) electrons. The lowest BCUT2D eigenvalue weighted by Gasteiger charge is -2.10. The lowest BCUT2D eigenvalue weighted by atomic mass is 10.2. The van der Waals surface area contributed by atoms with E-state index in [0.717, 1.165) is 11.3 Å². The zero-order valence-electron chi connectivity index (χ0n) is 13.1. The molecule has 24 heavy (non-hydrogen) atoms. The number of benzene rings is 1. The number of aryl methyl sites for hydroxylation is 1. The third kappa shape index (κ3) is 3.78. The minimum Gasteiger partial charge on any atom is -0.377 e. The molecular formula is C17H16ClN5O. The Kier molecular flexibility index (Phi) is 4.86. The van der Waals surface area contributed by atoms with Gasteiger partial charge in [-0.1, -0.05) is 41.9 Å². The summed E-state index contributed by atoms with van der Waals surface area (Å²) in [7, 11) is 0. The molecule has 2 aromatic heterocycles. The van der Waals surface area contributed by atoms with Crippen LogP contribution < -0.4 is 10.9 Å². The molecule has 0 bridgehead atoms. The Morgan fingerprint density at radius 3 is 2.75 bits per heavy atom. The smallest absolute Gasteiger partial charge is 0.287 e. The highest BCUT2D eigenvalue weighted by Crippen LogP contribution is 2.16. The van der Waals surface area contributed by atoms with Gasteiger partial charge in [-0.15, -0.1) is 0 Å². The standard InChI is InChI=1S/C17H16ClN5O/c1-12-19-8-7-14(22-12)9-20-15-10-21-23(17(24)16(15)18)11-13-5-3-2-4-6-13/h2-8,10,20H,9,11H2,1H3. The van der Waals surface area contributed by atoms with Crippen LogP contribution in [0, 0.1) is 6.92 Å². The van der Waals surface area contributed by atoms with Crippen molar-refractivity contribution in [1.29, 1.82) is 0 Å². The van der Waals surface area contributed by atoms with Crippen LogP contribution in [0.2, 0.25) is 5.02 Å². The number of anilines is 1. The predicted octanol–water partition coefficient (Wildman–Crippen LogP) is 2.66. The zero-order chi connectivity index (χ0) is 16.9. The molecular weight excluding hydrogens is 326 g/mol.